The van der Waals surface area contributed by atoms with Crippen LogP contribution in [0.1, 0.15) is 5.56 Å². The molecule has 0 aromatic heterocycles. The van der Waals surface area contributed by atoms with Crippen molar-refractivity contribution in [3.8, 4) is 11.5 Å². The fraction of sp³-hybridized carbons (Fsp3) is 0.250. The summed E-state index contributed by atoms with van der Waals surface area (Å²) in [6.45, 7) is -0.507. The molecular weight excluding hydrogens is 276 g/mol. The zero-order valence-electron chi connectivity index (χ0n) is 11.9. The van der Waals surface area contributed by atoms with Gasteiger partial charge in [-0.2, -0.15) is 8.78 Å². The van der Waals surface area contributed by atoms with Gasteiger partial charge in [-0.25, -0.2) is 0 Å². The van der Waals surface area contributed by atoms with E-state index >= 15 is 0 Å². The molecule has 1 N–H and O–H groups in total. The minimum Gasteiger partial charge on any atom is -0.497 e. The molecule has 0 amide bonds. The maximum absolute atomic E-state index is 14.1. The lowest BCUT2D eigenvalue weighted by Crippen LogP contribution is -2.24. The smallest absolute Gasteiger partial charge is 0.290 e. The van der Waals surface area contributed by atoms with Crippen molar-refractivity contribution in [3.05, 3.63) is 54.1 Å². The van der Waals surface area contributed by atoms with Crippen molar-refractivity contribution in [2.45, 2.75) is 5.92 Å². The maximum Gasteiger partial charge on any atom is 0.290 e. The summed E-state index contributed by atoms with van der Waals surface area (Å²) in [6.07, 6.45) is 0. The van der Waals surface area contributed by atoms with Crippen LogP contribution in [0.25, 0.3) is 0 Å². The van der Waals surface area contributed by atoms with E-state index in [1.165, 1.54) is 26.4 Å². The number of halogens is 2. The SMILES string of the molecule is COc1cc(NCC(F)(F)c2ccccc2)cc(OC)c1. The molecule has 21 heavy (non-hydrogen) atoms. The molecule has 0 heterocycles. The van der Waals surface area contributed by atoms with Gasteiger partial charge in [-0.3, -0.25) is 0 Å². The largest absolute Gasteiger partial charge is 0.497 e. The van der Waals surface area contributed by atoms with E-state index in [9.17, 15) is 8.78 Å². The molecule has 2 aromatic rings. The van der Waals surface area contributed by atoms with Gasteiger partial charge in [0.1, 0.15) is 11.5 Å². The van der Waals surface area contributed by atoms with E-state index in [-0.39, 0.29) is 5.56 Å². The number of ether oxygens (including phenoxy) is 2. The van der Waals surface area contributed by atoms with E-state index in [4.69, 9.17) is 9.47 Å². The number of anilines is 1. The topological polar surface area (TPSA) is 30.5 Å². The molecule has 0 radical (unpaired) electrons. The molecule has 0 fully saturated rings. The van der Waals surface area contributed by atoms with Gasteiger partial charge in [0.05, 0.1) is 20.8 Å². The standard InChI is InChI=1S/C16H17F2NO2/c1-20-14-8-13(9-15(10-14)21-2)19-11-16(17,18)12-6-4-3-5-7-12/h3-10,19H,11H2,1-2H3. The van der Waals surface area contributed by atoms with Crippen LogP contribution in [0.5, 0.6) is 11.5 Å². The third kappa shape index (κ3) is 3.84. The third-order valence-corrected chi connectivity index (χ3v) is 3.06. The summed E-state index contributed by atoms with van der Waals surface area (Å²) >= 11 is 0. The van der Waals surface area contributed by atoms with Crippen molar-refractivity contribution in [2.75, 3.05) is 26.1 Å². The van der Waals surface area contributed by atoms with Crippen LogP contribution in [0.2, 0.25) is 0 Å². The average Bonchev–Trinajstić information content (AvgIpc) is 2.53. The van der Waals surface area contributed by atoms with Crippen molar-refractivity contribution < 1.29 is 18.3 Å². The predicted octanol–water partition coefficient (Wildman–Crippen LogP) is 3.91. The van der Waals surface area contributed by atoms with E-state index in [0.717, 1.165) is 0 Å². The van der Waals surface area contributed by atoms with E-state index in [0.29, 0.717) is 17.2 Å². The predicted molar refractivity (Wildman–Crippen MR) is 78.4 cm³/mol. The summed E-state index contributed by atoms with van der Waals surface area (Å²) in [6, 6.07) is 12.7. The highest BCUT2D eigenvalue weighted by atomic mass is 19.3. The van der Waals surface area contributed by atoms with Crippen molar-refractivity contribution in [1.29, 1.82) is 0 Å². The minimum atomic E-state index is -2.96. The normalized spacial score (nSPS) is 11.0. The van der Waals surface area contributed by atoms with Gasteiger partial charge in [-0.15, -0.1) is 0 Å². The van der Waals surface area contributed by atoms with Crippen molar-refractivity contribution in [3.63, 3.8) is 0 Å². The molecular formula is C16H17F2NO2. The van der Waals surface area contributed by atoms with Crippen LogP contribution < -0.4 is 14.8 Å². The highest BCUT2D eigenvalue weighted by molar-refractivity contribution is 5.54. The zero-order chi connectivity index (χ0) is 15.3. The zero-order valence-corrected chi connectivity index (χ0v) is 11.9. The Morgan fingerprint density at radius 2 is 1.52 bits per heavy atom. The van der Waals surface area contributed by atoms with Crippen molar-refractivity contribution >= 4 is 5.69 Å². The molecule has 5 heteroatoms. The number of benzene rings is 2. The fourth-order valence-corrected chi connectivity index (χ4v) is 1.91. The van der Waals surface area contributed by atoms with Gasteiger partial charge in [0.15, 0.2) is 0 Å². The number of methoxy groups -OCH3 is 2. The molecule has 0 saturated heterocycles. The van der Waals surface area contributed by atoms with Gasteiger partial charge in [0, 0.05) is 29.4 Å². The van der Waals surface area contributed by atoms with E-state index < -0.39 is 12.5 Å². The molecule has 0 atom stereocenters. The Balaban J connectivity index is 2.12. The first kappa shape index (κ1) is 15.1. The van der Waals surface area contributed by atoms with Crippen molar-refractivity contribution in [1.82, 2.24) is 0 Å². The second-order valence-electron chi connectivity index (χ2n) is 4.53. The number of rotatable bonds is 6. The Kier molecular flexibility index (Phi) is 4.62. The Morgan fingerprint density at radius 1 is 0.952 bits per heavy atom. The minimum absolute atomic E-state index is 0.0210. The van der Waals surface area contributed by atoms with Crippen molar-refractivity contribution in [2.24, 2.45) is 0 Å². The van der Waals surface area contributed by atoms with Crippen LogP contribution in [0, 0.1) is 0 Å². The molecule has 0 aliphatic heterocycles. The summed E-state index contributed by atoms with van der Waals surface area (Å²) in [5.41, 5.74) is 0.495. The van der Waals surface area contributed by atoms with Crippen LogP contribution in [0.4, 0.5) is 14.5 Å². The first-order chi connectivity index (χ1) is 10.0. The molecule has 3 nitrogen and oxygen atoms in total. The lowest BCUT2D eigenvalue weighted by molar-refractivity contribution is 0.0106. The van der Waals surface area contributed by atoms with Gasteiger partial charge in [-0.05, 0) is 0 Å². The van der Waals surface area contributed by atoms with E-state index in [1.807, 2.05) is 0 Å². The van der Waals surface area contributed by atoms with Gasteiger partial charge in [-0.1, -0.05) is 30.3 Å². The molecule has 0 aliphatic carbocycles. The third-order valence-electron chi connectivity index (χ3n) is 3.06. The van der Waals surface area contributed by atoms with Crippen LogP contribution >= 0.6 is 0 Å². The van der Waals surface area contributed by atoms with Crippen LogP contribution in [0.15, 0.2) is 48.5 Å². The second kappa shape index (κ2) is 6.43. The van der Waals surface area contributed by atoms with Gasteiger partial charge >= 0.3 is 0 Å². The van der Waals surface area contributed by atoms with Crippen LogP contribution in [-0.2, 0) is 5.92 Å². The van der Waals surface area contributed by atoms with E-state index in [1.54, 1.807) is 36.4 Å². The highest BCUT2D eigenvalue weighted by Crippen LogP contribution is 2.30. The fourth-order valence-electron chi connectivity index (χ4n) is 1.91. The Labute approximate surface area is 122 Å². The lowest BCUT2D eigenvalue weighted by atomic mass is 10.1. The molecule has 0 bridgehead atoms. The summed E-state index contributed by atoms with van der Waals surface area (Å²) in [5.74, 6) is -1.88. The summed E-state index contributed by atoms with van der Waals surface area (Å²) in [5, 5.41) is 2.72. The molecule has 0 spiro atoms. The second-order valence-corrected chi connectivity index (χ2v) is 4.53. The first-order valence-electron chi connectivity index (χ1n) is 6.45. The number of hydrogen-bond donors (Lipinski definition) is 1. The number of hydrogen-bond acceptors (Lipinski definition) is 3. The summed E-state index contributed by atoms with van der Waals surface area (Å²) in [4.78, 5) is 0. The maximum atomic E-state index is 14.1. The number of alkyl halides is 2. The molecule has 2 aromatic carbocycles. The Bertz CT molecular complexity index is 566. The van der Waals surface area contributed by atoms with Gasteiger partial charge in [0.25, 0.3) is 5.92 Å². The average molecular weight is 293 g/mol. The Morgan fingerprint density at radius 3 is 2.05 bits per heavy atom. The molecule has 2 rings (SSSR count). The first-order valence-corrected chi connectivity index (χ1v) is 6.45. The van der Waals surface area contributed by atoms with Gasteiger partial charge < -0.3 is 14.8 Å². The molecule has 0 unspecified atom stereocenters. The summed E-state index contributed by atoms with van der Waals surface area (Å²) in [7, 11) is 3.02. The highest BCUT2D eigenvalue weighted by Gasteiger charge is 2.30. The summed E-state index contributed by atoms with van der Waals surface area (Å²) < 4.78 is 38.4. The van der Waals surface area contributed by atoms with E-state index in [2.05, 4.69) is 5.32 Å². The van der Waals surface area contributed by atoms with Crippen LogP contribution in [-0.4, -0.2) is 20.8 Å². The molecule has 0 aliphatic rings. The number of nitrogens with one attached hydrogen (secondary N) is 1. The van der Waals surface area contributed by atoms with Crippen LogP contribution in [0.3, 0.4) is 0 Å². The quantitative estimate of drug-likeness (QED) is 0.876. The molecule has 112 valence electrons. The monoisotopic (exact) mass is 293 g/mol. The Hall–Kier alpha value is -2.30. The lowest BCUT2D eigenvalue weighted by Gasteiger charge is -2.18. The van der Waals surface area contributed by atoms with Gasteiger partial charge in [0.2, 0.25) is 0 Å². The molecule has 0 saturated carbocycles.